The molecule has 0 spiro atoms. The van der Waals surface area contributed by atoms with Crippen LogP contribution in [0.4, 0.5) is 0 Å². The van der Waals surface area contributed by atoms with E-state index in [-0.39, 0.29) is 24.1 Å². The van der Waals surface area contributed by atoms with E-state index < -0.39 is 6.23 Å². The fourth-order valence-electron chi connectivity index (χ4n) is 5.11. The van der Waals surface area contributed by atoms with Crippen molar-refractivity contribution in [2.24, 2.45) is 16.8 Å². The Morgan fingerprint density at radius 1 is 1.00 bits per heavy atom. The SMILES string of the molecule is CCCCCCCCOC(=O)CC1Cc2cc(C(=O)c3ccc(C=NN4CCN(C)CC4)cc3)ccc2OC1N. The zero-order valence-electron chi connectivity index (χ0n) is 24.0. The molecule has 2 aliphatic heterocycles. The van der Waals surface area contributed by atoms with Gasteiger partial charge in [0.15, 0.2) is 12.0 Å². The monoisotopic (exact) mass is 548 g/mol. The van der Waals surface area contributed by atoms with Gasteiger partial charge in [0.05, 0.1) is 19.2 Å². The van der Waals surface area contributed by atoms with Crippen LogP contribution in [0.3, 0.4) is 0 Å². The number of carbonyl (C=O) groups excluding carboxylic acids is 2. The van der Waals surface area contributed by atoms with Gasteiger partial charge in [-0.1, -0.05) is 63.3 Å². The van der Waals surface area contributed by atoms with Gasteiger partial charge in [-0.15, -0.1) is 0 Å². The molecule has 0 aromatic heterocycles. The minimum Gasteiger partial charge on any atom is -0.475 e. The van der Waals surface area contributed by atoms with Crippen molar-refractivity contribution in [1.82, 2.24) is 9.91 Å². The normalized spacial score (nSPS) is 19.3. The van der Waals surface area contributed by atoms with Gasteiger partial charge in [0.1, 0.15) is 5.75 Å². The Balaban J connectivity index is 1.29. The van der Waals surface area contributed by atoms with Crippen LogP contribution >= 0.6 is 0 Å². The molecule has 2 aromatic rings. The summed E-state index contributed by atoms with van der Waals surface area (Å²) in [6, 6.07) is 12.9. The minimum atomic E-state index is -0.587. The Kier molecular flexibility index (Phi) is 11.1. The number of nitrogens with zero attached hydrogens (tertiary/aromatic N) is 3. The average Bonchev–Trinajstić information content (AvgIpc) is 2.96. The van der Waals surface area contributed by atoms with E-state index in [1.165, 1.54) is 25.7 Å². The lowest BCUT2D eigenvalue weighted by Gasteiger charge is -2.30. The standard InChI is InChI=1S/C32H44N4O4/c1-3-4-5-6-7-8-19-39-30(37)22-28-21-27-20-26(13-14-29(27)40-32(28)33)31(38)25-11-9-24(10-12-25)23-34-36-17-15-35(2)16-18-36/h9-14,20,23,28,32H,3-8,15-19,21-22,33H2,1-2H3. The highest BCUT2D eigenvalue weighted by Crippen LogP contribution is 2.32. The number of likely N-dealkylation sites (N-methyl/N-ethyl adjacent to an activating group) is 1. The Morgan fingerprint density at radius 3 is 2.45 bits per heavy atom. The lowest BCUT2D eigenvalue weighted by atomic mass is 9.90. The number of fused-ring (bicyclic) bond motifs is 1. The van der Waals surface area contributed by atoms with E-state index >= 15 is 0 Å². The summed E-state index contributed by atoms with van der Waals surface area (Å²) < 4.78 is 11.4. The van der Waals surface area contributed by atoms with E-state index in [9.17, 15) is 9.59 Å². The van der Waals surface area contributed by atoms with Gasteiger partial charge in [0.25, 0.3) is 0 Å². The van der Waals surface area contributed by atoms with E-state index in [1.807, 2.05) is 36.5 Å². The van der Waals surface area contributed by atoms with E-state index in [1.54, 1.807) is 12.1 Å². The van der Waals surface area contributed by atoms with Gasteiger partial charge in [0, 0.05) is 43.2 Å². The number of ether oxygens (including phenoxy) is 2. The summed E-state index contributed by atoms with van der Waals surface area (Å²) in [4.78, 5) is 28.0. The van der Waals surface area contributed by atoms with Crippen LogP contribution in [0.25, 0.3) is 0 Å². The van der Waals surface area contributed by atoms with Crippen LogP contribution in [0.2, 0.25) is 0 Å². The van der Waals surface area contributed by atoms with Crippen molar-refractivity contribution in [1.29, 1.82) is 0 Å². The van der Waals surface area contributed by atoms with Crippen LogP contribution in [0, 0.1) is 5.92 Å². The Morgan fingerprint density at radius 2 is 1.70 bits per heavy atom. The molecule has 2 N–H and O–H groups in total. The predicted octanol–water partition coefficient (Wildman–Crippen LogP) is 4.63. The third kappa shape index (κ3) is 8.63. The first-order valence-corrected chi connectivity index (χ1v) is 14.8. The molecule has 0 saturated carbocycles. The fourth-order valence-corrected chi connectivity index (χ4v) is 5.11. The summed E-state index contributed by atoms with van der Waals surface area (Å²) >= 11 is 0. The summed E-state index contributed by atoms with van der Waals surface area (Å²) in [6.45, 7) is 6.49. The number of hydrazone groups is 1. The Hall–Kier alpha value is -3.23. The van der Waals surface area contributed by atoms with Crippen molar-refractivity contribution >= 4 is 18.0 Å². The molecule has 8 nitrogen and oxygen atoms in total. The molecule has 2 heterocycles. The number of rotatable bonds is 13. The Labute approximate surface area is 238 Å². The summed E-state index contributed by atoms with van der Waals surface area (Å²) in [7, 11) is 2.12. The van der Waals surface area contributed by atoms with E-state index in [4.69, 9.17) is 15.2 Å². The molecule has 8 heteroatoms. The molecule has 0 bridgehead atoms. The minimum absolute atomic E-state index is 0.0601. The number of nitrogens with two attached hydrogens (primary N) is 1. The van der Waals surface area contributed by atoms with Crippen LogP contribution in [0.15, 0.2) is 47.6 Å². The molecule has 4 rings (SSSR count). The molecule has 0 amide bonds. The number of benzene rings is 2. The van der Waals surface area contributed by atoms with Crippen LogP contribution in [0.1, 0.15) is 78.9 Å². The number of ketones is 1. The quantitative estimate of drug-likeness (QED) is 0.169. The largest absolute Gasteiger partial charge is 0.475 e. The van der Waals surface area contributed by atoms with E-state index in [0.29, 0.717) is 29.9 Å². The molecular formula is C32H44N4O4. The number of hydrogen-bond donors (Lipinski definition) is 1. The summed E-state index contributed by atoms with van der Waals surface area (Å²) in [5, 5.41) is 6.65. The predicted molar refractivity (Wildman–Crippen MR) is 158 cm³/mol. The van der Waals surface area contributed by atoms with Crippen LogP contribution in [-0.2, 0) is 16.0 Å². The molecule has 0 radical (unpaired) electrons. The fraction of sp³-hybridized carbons (Fsp3) is 0.531. The summed E-state index contributed by atoms with van der Waals surface area (Å²) in [5.41, 5.74) is 9.27. The van der Waals surface area contributed by atoms with Gasteiger partial charge >= 0.3 is 5.97 Å². The van der Waals surface area contributed by atoms with E-state index in [2.05, 4.69) is 29.0 Å². The molecule has 2 atom stereocenters. The van der Waals surface area contributed by atoms with Gasteiger partial charge in [-0.25, -0.2) is 0 Å². The molecule has 1 saturated heterocycles. The molecular weight excluding hydrogens is 504 g/mol. The van der Waals surface area contributed by atoms with Gasteiger partial charge in [-0.05, 0) is 49.2 Å². The van der Waals surface area contributed by atoms with Gasteiger partial charge in [-0.3, -0.25) is 20.3 Å². The van der Waals surface area contributed by atoms with E-state index in [0.717, 1.165) is 50.1 Å². The molecule has 1 fully saturated rings. The molecule has 2 aromatic carbocycles. The number of unbranched alkanes of at least 4 members (excludes halogenated alkanes) is 5. The number of piperazine rings is 1. The Bertz CT molecular complexity index is 1140. The van der Waals surface area contributed by atoms with Gasteiger partial charge < -0.3 is 14.4 Å². The maximum Gasteiger partial charge on any atom is 0.306 e. The summed E-state index contributed by atoms with van der Waals surface area (Å²) in [5.74, 6) is 0.157. The number of esters is 1. The third-order valence-electron chi connectivity index (χ3n) is 7.74. The maximum absolute atomic E-state index is 13.2. The maximum atomic E-state index is 13.2. The highest BCUT2D eigenvalue weighted by Gasteiger charge is 2.30. The molecule has 216 valence electrons. The lowest BCUT2D eigenvalue weighted by Crippen LogP contribution is -2.41. The van der Waals surface area contributed by atoms with Crippen LogP contribution in [-0.4, -0.2) is 73.9 Å². The first kappa shape index (κ1) is 29.7. The summed E-state index contributed by atoms with van der Waals surface area (Å²) in [6.07, 6.45) is 8.88. The average molecular weight is 549 g/mol. The van der Waals surface area contributed by atoms with Crippen molar-refractivity contribution in [3.05, 3.63) is 64.7 Å². The molecule has 2 aliphatic rings. The third-order valence-corrected chi connectivity index (χ3v) is 7.74. The zero-order chi connectivity index (χ0) is 28.3. The number of hydrogen-bond acceptors (Lipinski definition) is 8. The second kappa shape index (κ2) is 15.0. The first-order valence-electron chi connectivity index (χ1n) is 14.8. The topological polar surface area (TPSA) is 97.5 Å². The second-order valence-corrected chi connectivity index (χ2v) is 11.0. The van der Waals surface area contributed by atoms with Crippen molar-refractivity contribution < 1.29 is 19.1 Å². The number of carbonyl (C=O) groups is 2. The van der Waals surface area contributed by atoms with Gasteiger partial charge in [-0.2, -0.15) is 5.10 Å². The highest BCUT2D eigenvalue weighted by atomic mass is 16.5. The zero-order valence-corrected chi connectivity index (χ0v) is 24.0. The van der Waals surface area contributed by atoms with Crippen LogP contribution in [0.5, 0.6) is 5.75 Å². The highest BCUT2D eigenvalue weighted by molar-refractivity contribution is 6.09. The van der Waals surface area contributed by atoms with Crippen molar-refractivity contribution in [3.8, 4) is 5.75 Å². The van der Waals surface area contributed by atoms with Crippen molar-refractivity contribution in [2.75, 3.05) is 39.8 Å². The molecule has 40 heavy (non-hydrogen) atoms. The van der Waals surface area contributed by atoms with Crippen molar-refractivity contribution in [3.63, 3.8) is 0 Å². The lowest BCUT2D eigenvalue weighted by molar-refractivity contribution is -0.145. The van der Waals surface area contributed by atoms with Crippen LogP contribution < -0.4 is 10.5 Å². The molecule has 0 aliphatic carbocycles. The molecule has 2 unspecified atom stereocenters. The first-order chi connectivity index (χ1) is 19.4. The van der Waals surface area contributed by atoms with Gasteiger partial charge in [0.2, 0.25) is 0 Å². The smallest absolute Gasteiger partial charge is 0.306 e. The second-order valence-electron chi connectivity index (χ2n) is 11.0. The van der Waals surface area contributed by atoms with Crippen molar-refractivity contribution in [2.45, 2.75) is 64.5 Å².